The Balaban J connectivity index is 0.00000312. The fourth-order valence-corrected chi connectivity index (χ4v) is 2.61. The first-order chi connectivity index (χ1) is 11.6. The Labute approximate surface area is 168 Å². The number of aromatic amines is 1. The lowest BCUT2D eigenvalue weighted by Crippen LogP contribution is -2.42. The fraction of sp³-hybridized carbons (Fsp3) is 0.579. The van der Waals surface area contributed by atoms with E-state index in [9.17, 15) is 0 Å². The van der Waals surface area contributed by atoms with Crippen LogP contribution in [0.5, 0.6) is 0 Å². The maximum atomic E-state index is 4.68. The van der Waals surface area contributed by atoms with E-state index in [1.54, 1.807) is 0 Å². The van der Waals surface area contributed by atoms with Crippen molar-refractivity contribution in [2.45, 2.75) is 53.0 Å². The van der Waals surface area contributed by atoms with Gasteiger partial charge in [0.2, 0.25) is 0 Å². The molecule has 2 aromatic rings. The molecule has 0 aliphatic rings. The predicted molar refractivity (Wildman–Crippen MR) is 118 cm³/mol. The number of benzene rings is 1. The molecule has 0 amide bonds. The molecule has 0 saturated carbocycles. The number of aromatic nitrogens is 2. The molecule has 1 aromatic carbocycles. The second kappa shape index (κ2) is 11.3. The summed E-state index contributed by atoms with van der Waals surface area (Å²) in [5, 5.41) is 6.82. The van der Waals surface area contributed by atoms with Crippen LogP contribution in [0.15, 0.2) is 29.3 Å². The quantitative estimate of drug-likeness (QED) is 0.318. The van der Waals surface area contributed by atoms with E-state index < -0.39 is 0 Å². The van der Waals surface area contributed by atoms with Crippen LogP contribution in [0.3, 0.4) is 0 Å². The second-order valence-electron chi connectivity index (χ2n) is 6.73. The van der Waals surface area contributed by atoms with E-state index in [-0.39, 0.29) is 24.0 Å². The summed E-state index contributed by atoms with van der Waals surface area (Å²) < 4.78 is 0. The van der Waals surface area contributed by atoms with Crippen molar-refractivity contribution in [1.29, 1.82) is 0 Å². The summed E-state index contributed by atoms with van der Waals surface area (Å²) in [5.74, 6) is 2.62. The van der Waals surface area contributed by atoms with E-state index in [4.69, 9.17) is 0 Å². The first kappa shape index (κ1) is 21.7. The van der Waals surface area contributed by atoms with Gasteiger partial charge < -0.3 is 15.6 Å². The zero-order valence-corrected chi connectivity index (χ0v) is 18.1. The number of para-hydroxylation sites is 2. The van der Waals surface area contributed by atoms with Crippen LogP contribution in [0.25, 0.3) is 11.0 Å². The molecule has 25 heavy (non-hydrogen) atoms. The van der Waals surface area contributed by atoms with Crippen molar-refractivity contribution in [3.8, 4) is 0 Å². The second-order valence-corrected chi connectivity index (χ2v) is 6.73. The normalized spacial score (nSPS) is 12.9. The molecule has 140 valence electrons. The average molecular weight is 457 g/mol. The molecule has 0 fully saturated rings. The van der Waals surface area contributed by atoms with Crippen molar-refractivity contribution in [2.24, 2.45) is 10.9 Å². The van der Waals surface area contributed by atoms with Crippen LogP contribution >= 0.6 is 24.0 Å². The van der Waals surface area contributed by atoms with Crippen LogP contribution in [0.2, 0.25) is 0 Å². The number of H-pyrrole nitrogens is 1. The summed E-state index contributed by atoms with van der Waals surface area (Å²) in [6.45, 7) is 10.4. The minimum Gasteiger partial charge on any atom is -0.357 e. The lowest BCUT2D eigenvalue weighted by Gasteiger charge is -2.18. The van der Waals surface area contributed by atoms with E-state index in [0.29, 0.717) is 12.6 Å². The zero-order valence-electron chi connectivity index (χ0n) is 15.8. The molecule has 1 heterocycles. The number of aliphatic imine (C=N–C) groups is 1. The van der Waals surface area contributed by atoms with Crippen molar-refractivity contribution in [3.63, 3.8) is 0 Å². The molecule has 1 aromatic heterocycles. The number of hydrogen-bond acceptors (Lipinski definition) is 2. The Hall–Kier alpha value is -1.31. The minimum absolute atomic E-state index is 0. The number of rotatable bonds is 8. The maximum absolute atomic E-state index is 4.68. The van der Waals surface area contributed by atoms with Crippen LogP contribution in [-0.2, 0) is 6.42 Å². The number of guanidine groups is 1. The standard InChI is InChI=1S/C19H31N5.HI/c1-5-20-19(22-15(4)11-10-14(2)3)21-13-12-18-23-16-8-6-7-9-17(16)24-18;/h6-9,14-15H,5,10-13H2,1-4H3,(H,23,24)(H2,20,21,22);1H. The highest BCUT2D eigenvalue weighted by Gasteiger charge is 2.07. The van der Waals surface area contributed by atoms with Crippen molar-refractivity contribution in [1.82, 2.24) is 20.6 Å². The minimum atomic E-state index is 0. The molecule has 0 radical (unpaired) electrons. The number of imidazole rings is 1. The molecule has 0 spiro atoms. The van der Waals surface area contributed by atoms with Crippen LogP contribution in [0.1, 0.15) is 46.4 Å². The average Bonchev–Trinajstić information content (AvgIpc) is 2.95. The molecule has 0 aliphatic heterocycles. The first-order valence-electron chi connectivity index (χ1n) is 9.07. The van der Waals surface area contributed by atoms with Crippen molar-refractivity contribution < 1.29 is 0 Å². The molecule has 0 bridgehead atoms. The number of nitrogens with zero attached hydrogens (tertiary/aromatic N) is 2. The molecular formula is C19H32IN5. The molecule has 6 heteroatoms. The summed E-state index contributed by atoms with van der Waals surface area (Å²) in [4.78, 5) is 12.6. The van der Waals surface area contributed by atoms with Gasteiger partial charge in [-0.2, -0.15) is 0 Å². The third-order valence-corrected chi connectivity index (χ3v) is 3.96. The molecule has 0 saturated heterocycles. The maximum Gasteiger partial charge on any atom is 0.191 e. The van der Waals surface area contributed by atoms with Gasteiger partial charge in [-0.3, -0.25) is 4.99 Å². The van der Waals surface area contributed by atoms with E-state index in [1.165, 1.54) is 6.42 Å². The Morgan fingerprint density at radius 3 is 2.64 bits per heavy atom. The highest BCUT2D eigenvalue weighted by atomic mass is 127. The van der Waals surface area contributed by atoms with Gasteiger partial charge in [-0.05, 0) is 44.7 Å². The molecule has 1 atom stereocenters. The Bertz CT molecular complexity index is 617. The number of fused-ring (bicyclic) bond motifs is 1. The van der Waals surface area contributed by atoms with Crippen LogP contribution in [0.4, 0.5) is 0 Å². The molecule has 1 unspecified atom stereocenters. The van der Waals surface area contributed by atoms with Gasteiger partial charge in [-0.1, -0.05) is 26.0 Å². The van der Waals surface area contributed by atoms with E-state index >= 15 is 0 Å². The first-order valence-corrected chi connectivity index (χ1v) is 9.07. The molecule has 2 rings (SSSR count). The Morgan fingerprint density at radius 1 is 1.20 bits per heavy atom. The highest BCUT2D eigenvalue weighted by Crippen LogP contribution is 2.10. The SMILES string of the molecule is CCNC(=NCCc1nc2ccccc2[nH]1)NC(C)CCC(C)C.I. The van der Waals surface area contributed by atoms with Crippen molar-refractivity contribution in [3.05, 3.63) is 30.1 Å². The summed E-state index contributed by atoms with van der Waals surface area (Å²) >= 11 is 0. The van der Waals surface area contributed by atoms with Crippen LogP contribution < -0.4 is 10.6 Å². The van der Waals surface area contributed by atoms with Gasteiger partial charge in [-0.25, -0.2) is 4.98 Å². The Kier molecular flexibility index (Phi) is 9.85. The third kappa shape index (κ3) is 7.63. The number of halogens is 1. The molecule has 0 aliphatic carbocycles. The van der Waals surface area contributed by atoms with Gasteiger partial charge in [0.05, 0.1) is 11.0 Å². The van der Waals surface area contributed by atoms with Crippen molar-refractivity contribution >= 4 is 41.0 Å². The molecule has 5 nitrogen and oxygen atoms in total. The van der Waals surface area contributed by atoms with E-state index in [2.05, 4.69) is 59.4 Å². The number of nitrogens with one attached hydrogen (secondary N) is 3. The van der Waals surface area contributed by atoms with Gasteiger partial charge in [0.15, 0.2) is 5.96 Å². The van der Waals surface area contributed by atoms with Gasteiger partial charge in [0.25, 0.3) is 0 Å². The topological polar surface area (TPSA) is 65.1 Å². The lowest BCUT2D eigenvalue weighted by atomic mass is 10.0. The van der Waals surface area contributed by atoms with E-state index in [0.717, 1.165) is 48.1 Å². The Morgan fingerprint density at radius 2 is 1.96 bits per heavy atom. The summed E-state index contributed by atoms with van der Waals surface area (Å²) in [6, 6.07) is 8.54. The highest BCUT2D eigenvalue weighted by molar-refractivity contribution is 14.0. The van der Waals surface area contributed by atoms with Gasteiger partial charge in [-0.15, -0.1) is 24.0 Å². The summed E-state index contributed by atoms with van der Waals surface area (Å²) in [5.41, 5.74) is 2.10. The summed E-state index contributed by atoms with van der Waals surface area (Å²) in [6.07, 6.45) is 3.20. The zero-order chi connectivity index (χ0) is 17.4. The number of hydrogen-bond donors (Lipinski definition) is 3. The lowest BCUT2D eigenvalue weighted by molar-refractivity contribution is 0.489. The smallest absolute Gasteiger partial charge is 0.191 e. The molecular weight excluding hydrogens is 425 g/mol. The predicted octanol–water partition coefficient (Wildman–Crippen LogP) is 4.10. The largest absolute Gasteiger partial charge is 0.357 e. The van der Waals surface area contributed by atoms with Crippen molar-refractivity contribution in [2.75, 3.05) is 13.1 Å². The van der Waals surface area contributed by atoms with Gasteiger partial charge >= 0.3 is 0 Å². The molecule has 3 N–H and O–H groups in total. The van der Waals surface area contributed by atoms with Crippen LogP contribution in [-0.4, -0.2) is 35.1 Å². The monoisotopic (exact) mass is 457 g/mol. The fourth-order valence-electron chi connectivity index (χ4n) is 2.61. The van der Waals surface area contributed by atoms with E-state index in [1.807, 2.05) is 18.2 Å². The third-order valence-electron chi connectivity index (χ3n) is 3.96. The van der Waals surface area contributed by atoms with Gasteiger partial charge in [0.1, 0.15) is 5.82 Å². The summed E-state index contributed by atoms with van der Waals surface area (Å²) in [7, 11) is 0. The van der Waals surface area contributed by atoms with Gasteiger partial charge in [0, 0.05) is 25.6 Å². The van der Waals surface area contributed by atoms with Crippen LogP contribution in [0, 0.1) is 5.92 Å².